The van der Waals surface area contributed by atoms with Crippen molar-refractivity contribution in [1.29, 1.82) is 0 Å². The van der Waals surface area contributed by atoms with E-state index in [1.54, 1.807) is 13.8 Å². The minimum absolute atomic E-state index is 0.179. The molecule has 1 atom stereocenters. The molecule has 0 unspecified atom stereocenters. The Morgan fingerprint density at radius 3 is 2.60 bits per heavy atom. The normalized spacial score (nSPS) is 12.2. The molecule has 0 rings (SSSR count). The summed E-state index contributed by atoms with van der Waals surface area (Å²) in [5.41, 5.74) is 5.20. The molecule has 0 amide bonds. The van der Waals surface area contributed by atoms with Crippen molar-refractivity contribution in [3.05, 3.63) is 0 Å². The van der Waals surface area contributed by atoms with Crippen LogP contribution < -0.4 is 5.73 Å². The highest BCUT2D eigenvalue weighted by Crippen LogP contribution is 1.97. The summed E-state index contributed by atoms with van der Waals surface area (Å²) in [7, 11) is 0. The second kappa shape index (κ2) is 4.22. The predicted molar refractivity (Wildman–Crippen MR) is 42.6 cm³/mol. The number of thiocarbonyl (C=S) groups is 1. The minimum atomic E-state index is -0.463. The van der Waals surface area contributed by atoms with E-state index in [4.69, 9.17) is 5.73 Å². The van der Waals surface area contributed by atoms with Crippen molar-refractivity contribution < 1.29 is 9.53 Å². The zero-order chi connectivity index (χ0) is 8.15. The number of carbonyl (C=O) groups excluding carboxylic acids is 1. The molecule has 0 aromatic heterocycles. The van der Waals surface area contributed by atoms with Crippen molar-refractivity contribution in [3.8, 4) is 0 Å². The standard InChI is InChI=1S/C6H11NO2S/c1-3-9-6(8)4(2)5(7)10/h4H,3H2,1-2H3,(H2,7,10)/t4-/m0/s1. The Kier molecular flexibility index (Phi) is 3.95. The van der Waals surface area contributed by atoms with E-state index in [1.165, 1.54) is 0 Å². The van der Waals surface area contributed by atoms with Crippen molar-refractivity contribution in [3.63, 3.8) is 0 Å². The fraction of sp³-hybridized carbons (Fsp3) is 0.667. The lowest BCUT2D eigenvalue weighted by atomic mass is 10.2. The van der Waals surface area contributed by atoms with E-state index in [2.05, 4.69) is 17.0 Å². The largest absolute Gasteiger partial charge is 0.465 e. The Morgan fingerprint density at radius 1 is 1.80 bits per heavy atom. The van der Waals surface area contributed by atoms with E-state index >= 15 is 0 Å². The summed E-state index contributed by atoms with van der Waals surface area (Å²) in [4.78, 5) is 11.0. The smallest absolute Gasteiger partial charge is 0.315 e. The summed E-state index contributed by atoms with van der Waals surface area (Å²) in [5, 5.41) is 0. The third-order valence-electron chi connectivity index (χ3n) is 1.07. The number of hydrogen-bond donors (Lipinski definition) is 1. The van der Waals surface area contributed by atoms with Gasteiger partial charge in [-0.1, -0.05) is 12.2 Å². The van der Waals surface area contributed by atoms with Crippen LogP contribution in [0.3, 0.4) is 0 Å². The van der Waals surface area contributed by atoms with Gasteiger partial charge in [-0.3, -0.25) is 4.79 Å². The molecule has 0 aliphatic rings. The molecule has 0 aliphatic heterocycles. The van der Waals surface area contributed by atoms with Gasteiger partial charge >= 0.3 is 5.97 Å². The van der Waals surface area contributed by atoms with Gasteiger partial charge in [0.05, 0.1) is 11.6 Å². The van der Waals surface area contributed by atoms with Crippen LogP contribution in [0.15, 0.2) is 0 Å². The quantitative estimate of drug-likeness (QED) is 0.483. The fourth-order valence-corrected chi connectivity index (χ4v) is 0.480. The first-order chi connectivity index (χ1) is 4.59. The Morgan fingerprint density at radius 2 is 2.30 bits per heavy atom. The van der Waals surface area contributed by atoms with Gasteiger partial charge in [0.15, 0.2) is 0 Å². The molecule has 0 fully saturated rings. The summed E-state index contributed by atoms with van der Waals surface area (Å²) in [5.74, 6) is -0.815. The second-order valence-electron chi connectivity index (χ2n) is 1.88. The van der Waals surface area contributed by atoms with E-state index in [0.717, 1.165) is 0 Å². The van der Waals surface area contributed by atoms with Crippen LogP contribution in [-0.2, 0) is 9.53 Å². The molecule has 0 heterocycles. The molecule has 4 heteroatoms. The van der Waals surface area contributed by atoms with Gasteiger partial charge < -0.3 is 10.5 Å². The van der Waals surface area contributed by atoms with Gasteiger partial charge in [0.2, 0.25) is 0 Å². The first-order valence-corrected chi connectivity index (χ1v) is 3.46. The van der Waals surface area contributed by atoms with E-state index in [9.17, 15) is 4.79 Å². The first kappa shape index (κ1) is 9.36. The van der Waals surface area contributed by atoms with Crippen LogP contribution >= 0.6 is 12.2 Å². The number of carbonyl (C=O) groups is 1. The summed E-state index contributed by atoms with van der Waals surface area (Å²) >= 11 is 4.59. The average molecular weight is 161 g/mol. The molecule has 0 aliphatic carbocycles. The van der Waals surface area contributed by atoms with E-state index < -0.39 is 5.92 Å². The molecule has 0 saturated carbocycles. The van der Waals surface area contributed by atoms with Crippen LogP contribution in [0.1, 0.15) is 13.8 Å². The average Bonchev–Trinajstić information content (AvgIpc) is 1.87. The fourth-order valence-electron chi connectivity index (χ4n) is 0.383. The molecule has 0 saturated heterocycles. The van der Waals surface area contributed by atoms with Crippen molar-refractivity contribution >= 4 is 23.2 Å². The van der Waals surface area contributed by atoms with E-state index in [0.29, 0.717) is 6.61 Å². The zero-order valence-corrected chi connectivity index (χ0v) is 6.90. The van der Waals surface area contributed by atoms with Gasteiger partial charge in [-0.25, -0.2) is 0 Å². The predicted octanol–water partition coefficient (Wildman–Crippen LogP) is 0.472. The zero-order valence-electron chi connectivity index (χ0n) is 6.09. The summed E-state index contributed by atoms with van der Waals surface area (Å²) < 4.78 is 4.66. The van der Waals surface area contributed by atoms with Gasteiger partial charge in [0.1, 0.15) is 5.92 Å². The highest BCUT2D eigenvalue weighted by molar-refractivity contribution is 7.80. The molecular weight excluding hydrogens is 150 g/mol. The summed E-state index contributed by atoms with van der Waals surface area (Å²) in [6.07, 6.45) is 0. The van der Waals surface area contributed by atoms with E-state index in [-0.39, 0.29) is 11.0 Å². The third kappa shape index (κ3) is 2.77. The van der Waals surface area contributed by atoms with Crippen LogP contribution in [0, 0.1) is 5.92 Å². The number of hydrogen-bond acceptors (Lipinski definition) is 3. The lowest BCUT2D eigenvalue weighted by Gasteiger charge is -2.06. The number of esters is 1. The van der Waals surface area contributed by atoms with Crippen molar-refractivity contribution in [2.24, 2.45) is 11.7 Å². The molecule has 10 heavy (non-hydrogen) atoms. The Bertz CT molecular complexity index is 147. The monoisotopic (exact) mass is 161 g/mol. The molecule has 0 spiro atoms. The molecular formula is C6H11NO2S. The molecule has 58 valence electrons. The highest BCUT2D eigenvalue weighted by Gasteiger charge is 2.15. The van der Waals surface area contributed by atoms with E-state index in [1.807, 2.05) is 0 Å². The minimum Gasteiger partial charge on any atom is -0.465 e. The molecule has 0 radical (unpaired) electrons. The van der Waals surface area contributed by atoms with Gasteiger partial charge in [0, 0.05) is 0 Å². The summed E-state index contributed by atoms with van der Waals surface area (Å²) in [6, 6.07) is 0. The van der Waals surface area contributed by atoms with Gasteiger partial charge in [-0.15, -0.1) is 0 Å². The number of nitrogens with two attached hydrogens (primary N) is 1. The molecule has 3 nitrogen and oxygen atoms in total. The lowest BCUT2D eigenvalue weighted by Crippen LogP contribution is -2.27. The van der Waals surface area contributed by atoms with Crippen LogP contribution in [0.2, 0.25) is 0 Å². The lowest BCUT2D eigenvalue weighted by molar-refractivity contribution is -0.144. The molecule has 0 bridgehead atoms. The molecule has 0 aromatic rings. The number of ether oxygens (including phenoxy) is 1. The van der Waals surface area contributed by atoms with Gasteiger partial charge in [0.25, 0.3) is 0 Å². The SMILES string of the molecule is CCOC(=O)[C@@H](C)C(N)=S. The number of rotatable bonds is 3. The maximum absolute atomic E-state index is 10.8. The Labute approximate surface area is 65.5 Å². The second-order valence-corrected chi connectivity index (χ2v) is 2.35. The first-order valence-electron chi connectivity index (χ1n) is 3.05. The van der Waals surface area contributed by atoms with Crippen LogP contribution in [-0.4, -0.2) is 17.6 Å². The topological polar surface area (TPSA) is 52.3 Å². The van der Waals surface area contributed by atoms with Crippen molar-refractivity contribution in [1.82, 2.24) is 0 Å². The van der Waals surface area contributed by atoms with Crippen LogP contribution in [0.25, 0.3) is 0 Å². The Balaban J connectivity index is 3.82. The van der Waals surface area contributed by atoms with Crippen LogP contribution in [0.5, 0.6) is 0 Å². The van der Waals surface area contributed by atoms with Crippen molar-refractivity contribution in [2.45, 2.75) is 13.8 Å². The van der Waals surface area contributed by atoms with Crippen LogP contribution in [0.4, 0.5) is 0 Å². The van der Waals surface area contributed by atoms with Gasteiger partial charge in [-0.2, -0.15) is 0 Å². The highest BCUT2D eigenvalue weighted by atomic mass is 32.1. The third-order valence-corrected chi connectivity index (χ3v) is 1.42. The summed E-state index contributed by atoms with van der Waals surface area (Å²) in [6.45, 7) is 3.73. The molecule has 0 aromatic carbocycles. The van der Waals surface area contributed by atoms with Gasteiger partial charge in [-0.05, 0) is 13.8 Å². The maximum Gasteiger partial charge on any atom is 0.315 e. The maximum atomic E-state index is 10.8. The molecule has 2 N–H and O–H groups in total. The van der Waals surface area contributed by atoms with Crippen molar-refractivity contribution in [2.75, 3.05) is 6.61 Å². The Hall–Kier alpha value is -0.640.